The van der Waals surface area contributed by atoms with Gasteiger partial charge in [0.1, 0.15) is 5.56 Å². The van der Waals surface area contributed by atoms with Crippen molar-refractivity contribution in [3.8, 4) is 0 Å². The fraction of sp³-hybridized carbons (Fsp3) is 0.649. The summed E-state index contributed by atoms with van der Waals surface area (Å²) in [4.78, 5) is 22.3. The summed E-state index contributed by atoms with van der Waals surface area (Å²) in [7, 11) is 0. The van der Waals surface area contributed by atoms with E-state index in [1.54, 1.807) is 42.5 Å². The second kappa shape index (κ2) is 27.3. The van der Waals surface area contributed by atoms with Crippen LogP contribution in [0.4, 0.5) is 5.69 Å². The average molecular weight is 582 g/mol. The Morgan fingerprint density at radius 3 is 1.38 bits per heavy atom. The molecule has 0 aliphatic rings. The van der Waals surface area contributed by atoms with Gasteiger partial charge in [-0.25, -0.2) is 0 Å². The summed E-state index contributed by atoms with van der Waals surface area (Å²) in [5.74, 6) is -0.335. The maximum atomic E-state index is 12.1. The summed E-state index contributed by atoms with van der Waals surface area (Å²) in [6.45, 7) is 6.57. The first-order valence-electron chi connectivity index (χ1n) is 17.0. The number of para-hydroxylation sites is 1. The average Bonchev–Trinajstić information content (AvgIpc) is 3.02. The van der Waals surface area contributed by atoms with E-state index >= 15 is 0 Å². The van der Waals surface area contributed by atoms with Crippen LogP contribution in [0, 0.1) is 10.1 Å². The zero-order valence-electron chi connectivity index (χ0n) is 26.8. The Morgan fingerprint density at radius 2 is 0.952 bits per heavy atom. The van der Waals surface area contributed by atoms with Crippen LogP contribution < -0.4 is 0 Å². The van der Waals surface area contributed by atoms with Gasteiger partial charge in [-0.15, -0.1) is 0 Å². The summed E-state index contributed by atoms with van der Waals surface area (Å²) in [5, 5.41) is 10.8. The molecule has 0 N–H and O–H groups in total. The molecule has 0 spiro atoms. The van der Waals surface area contributed by atoms with Crippen LogP contribution in [-0.2, 0) is 4.74 Å². The predicted octanol–water partition coefficient (Wildman–Crippen LogP) is 11.7. The molecule has 0 aliphatic carbocycles. The number of carbonyl (C=O) groups is 1. The molecule has 0 heterocycles. The molecule has 42 heavy (non-hydrogen) atoms. The lowest BCUT2D eigenvalue weighted by molar-refractivity contribution is -0.385. The molecule has 236 valence electrons. The number of nitrogens with zero attached hydrogens (tertiary/aromatic N) is 1. The highest BCUT2D eigenvalue weighted by molar-refractivity contribution is 6.11. The van der Waals surface area contributed by atoms with E-state index in [1.807, 2.05) is 0 Å². The van der Waals surface area contributed by atoms with Crippen LogP contribution in [0.3, 0.4) is 0 Å². The van der Waals surface area contributed by atoms with Gasteiger partial charge in [-0.1, -0.05) is 172 Å². The monoisotopic (exact) mass is 581 g/mol. The van der Waals surface area contributed by atoms with E-state index in [1.165, 1.54) is 141 Å². The second-order valence-electron chi connectivity index (χ2n) is 11.4. The van der Waals surface area contributed by atoms with Gasteiger partial charge in [0, 0.05) is 24.8 Å². The Labute approximate surface area is 257 Å². The first kappa shape index (κ1) is 37.5. The highest BCUT2D eigenvalue weighted by Gasteiger charge is 2.19. The van der Waals surface area contributed by atoms with Crippen LogP contribution in [0.15, 0.2) is 54.6 Å². The molecule has 0 unspecified atom stereocenters. The number of benzene rings is 2. The molecule has 2 aromatic carbocycles. The van der Waals surface area contributed by atoms with E-state index in [2.05, 4.69) is 13.8 Å². The van der Waals surface area contributed by atoms with Gasteiger partial charge in [0.25, 0.3) is 5.69 Å². The molecule has 2 aromatic rings. The highest BCUT2D eigenvalue weighted by Crippen LogP contribution is 2.21. The van der Waals surface area contributed by atoms with Crippen molar-refractivity contribution in [2.75, 3.05) is 13.2 Å². The largest absolute Gasteiger partial charge is 0.381 e. The van der Waals surface area contributed by atoms with Gasteiger partial charge in [-0.3, -0.25) is 14.9 Å². The van der Waals surface area contributed by atoms with Crippen molar-refractivity contribution in [3.05, 3.63) is 75.8 Å². The number of carbonyl (C=O) groups excluding carboxylic acids is 1. The lowest BCUT2D eigenvalue weighted by Gasteiger charge is -2.05. The quantitative estimate of drug-likeness (QED) is 0.0506. The van der Waals surface area contributed by atoms with Crippen molar-refractivity contribution >= 4 is 11.5 Å². The third-order valence-electron chi connectivity index (χ3n) is 7.67. The number of ketones is 1. The number of hydrogen-bond acceptors (Lipinski definition) is 4. The Hall–Kier alpha value is -2.53. The smallest absolute Gasteiger partial charge is 0.280 e. The van der Waals surface area contributed by atoms with Crippen LogP contribution in [-0.4, -0.2) is 23.9 Å². The fourth-order valence-corrected chi connectivity index (χ4v) is 5.06. The molecule has 0 amide bonds. The second-order valence-corrected chi connectivity index (χ2v) is 11.4. The number of ether oxygens (including phenoxy) is 1. The van der Waals surface area contributed by atoms with E-state index in [9.17, 15) is 14.9 Å². The predicted molar refractivity (Wildman–Crippen MR) is 177 cm³/mol. The van der Waals surface area contributed by atoms with Gasteiger partial charge < -0.3 is 4.74 Å². The Balaban J connectivity index is 0.000000448. The van der Waals surface area contributed by atoms with Crippen molar-refractivity contribution in [1.82, 2.24) is 0 Å². The van der Waals surface area contributed by atoms with Gasteiger partial charge in [0.15, 0.2) is 5.78 Å². The van der Waals surface area contributed by atoms with Gasteiger partial charge in [0.05, 0.1) is 4.92 Å². The molecule has 0 saturated carbocycles. The minimum absolute atomic E-state index is 0.115. The van der Waals surface area contributed by atoms with Crippen molar-refractivity contribution in [2.24, 2.45) is 0 Å². The SMILES string of the molecule is CCCCCCCCCCCCOCCCCCCCCCCCC.O=C(c1ccccc1)c1ccccc1[N+](=O)[O-]. The van der Waals surface area contributed by atoms with Crippen molar-refractivity contribution in [2.45, 2.75) is 142 Å². The van der Waals surface area contributed by atoms with E-state index in [4.69, 9.17) is 4.74 Å². The molecule has 0 saturated heterocycles. The van der Waals surface area contributed by atoms with Crippen molar-refractivity contribution in [1.29, 1.82) is 0 Å². The van der Waals surface area contributed by atoms with Crippen LogP contribution in [0.1, 0.15) is 158 Å². The van der Waals surface area contributed by atoms with E-state index in [0.717, 1.165) is 13.2 Å². The van der Waals surface area contributed by atoms with Crippen LogP contribution in [0.5, 0.6) is 0 Å². The molecule has 0 atom stereocenters. The Morgan fingerprint density at radius 1 is 0.571 bits per heavy atom. The topological polar surface area (TPSA) is 69.4 Å². The minimum atomic E-state index is -0.545. The maximum Gasteiger partial charge on any atom is 0.280 e. The lowest BCUT2D eigenvalue weighted by atomic mass is 10.0. The third-order valence-corrected chi connectivity index (χ3v) is 7.67. The van der Waals surface area contributed by atoms with Crippen LogP contribution in [0.25, 0.3) is 0 Å². The van der Waals surface area contributed by atoms with Gasteiger partial charge in [-0.05, 0) is 18.9 Å². The maximum absolute atomic E-state index is 12.1. The van der Waals surface area contributed by atoms with Gasteiger partial charge >= 0.3 is 0 Å². The molecular formula is C37H59NO4. The summed E-state index contributed by atoms with van der Waals surface area (Å²) < 4.78 is 5.78. The summed E-state index contributed by atoms with van der Waals surface area (Å²) in [6.07, 6.45) is 28.2. The summed E-state index contributed by atoms with van der Waals surface area (Å²) in [6, 6.07) is 14.5. The molecule has 0 radical (unpaired) electrons. The Kier molecular flexibility index (Phi) is 24.4. The standard InChI is InChI=1S/C24H50O.C13H9NO3/c1-3-5-7-9-11-13-15-17-19-21-23-25-24-22-20-18-16-14-12-10-8-6-4-2;15-13(10-6-2-1-3-7-10)11-8-4-5-9-12(11)14(16)17/h3-24H2,1-2H3;1-9H. The number of rotatable bonds is 25. The number of hydrogen-bond donors (Lipinski definition) is 0. The first-order chi connectivity index (χ1) is 20.6. The van der Waals surface area contributed by atoms with Crippen molar-refractivity contribution in [3.63, 3.8) is 0 Å². The molecule has 0 bridgehead atoms. The number of unbranched alkanes of at least 4 members (excludes halogenated alkanes) is 18. The Bertz CT molecular complexity index is 893. The van der Waals surface area contributed by atoms with Gasteiger partial charge in [0.2, 0.25) is 0 Å². The molecular weight excluding hydrogens is 522 g/mol. The minimum Gasteiger partial charge on any atom is -0.381 e. The fourth-order valence-electron chi connectivity index (χ4n) is 5.06. The molecule has 5 heteroatoms. The highest BCUT2D eigenvalue weighted by atomic mass is 16.6. The molecule has 5 nitrogen and oxygen atoms in total. The summed E-state index contributed by atoms with van der Waals surface area (Å²) >= 11 is 0. The molecule has 2 rings (SSSR count). The molecule has 0 fully saturated rings. The lowest BCUT2D eigenvalue weighted by Crippen LogP contribution is -2.04. The first-order valence-corrected chi connectivity index (χ1v) is 17.0. The molecule has 0 aromatic heterocycles. The zero-order chi connectivity index (χ0) is 30.5. The zero-order valence-corrected chi connectivity index (χ0v) is 26.8. The molecule has 0 aliphatic heterocycles. The van der Waals surface area contributed by atoms with Crippen LogP contribution >= 0.6 is 0 Å². The van der Waals surface area contributed by atoms with E-state index in [-0.39, 0.29) is 17.0 Å². The van der Waals surface area contributed by atoms with Gasteiger partial charge in [-0.2, -0.15) is 0 Å². The number of nitro benzene ring substituents is 1. The van der Waals surface area contributed by atoms with E-state index < -0.39 is 4.92 Å². The van der Waals surface area contributed by atoms with Crippen molar-refractivity contribution < 1.29 is 14.5 Å². The number of nitro groups is 1. The summed E-state index contributed by atoms with van der Waals surface area (Å²) in [5.41, 5.74) is 0.395. The van der Waals surface area contributed by atoms with E-state index in [0.29, 0.717) is 5.56 Å². The normalized spacial score (nSPS) is 10.7. The third kappa shape index (κ3) is 19.6. The van der Waals surface area contributed by atoms with Crippen LogP contribution in [0.2, 0.25) is 0 Å².